The second kappa shape index (κ2) is 14.0. The molecule has 0 radical (unpaired) electrons. The van der Waals surface area contributed by atoms with Crippen molar-refractivity contribution >= 4 is 68.7 Å². The van der Waals surface area contributed by atoms with Crippen LogP contribution in [0, 0.1) is 0 Å². The standard InChI is InChI=1S/C16H22Cl2N2O4.C7H7Cl2NO3S/c1-15(2,3)23-13(21)20(14(22)24-16(4,5)6)9-10-7-12(18)19-8-11(10)17;1-14(11,12)13-4-5-2-7(9)10-3-6(5)8/h7-8H,9H2,1-6H3;2-3H,4H2,1H3. The fraction of sp³-hybridized carbons (Fsp3) is 0.478. The first-order chi connectivity index (χ1) is 17.2. The second-order valence-corrected chi connectivity index (χ2v) is 12.9. The molecule has 0 aromatic carbocycles. The lowest BCUT2D eigenvalue weighted by molar-refractivity contribution is -0.000253. The zero-order chi connectivity index (χ0) is 29.5. The summed E-state index contributed by atoms with van der Waals surface area (Å²) in [7, 11) is -3.47. The molecule has 0 aliphatic heterocycles. The highest BCUT2D eigenvalue weighted by Gasteiger charge is 2.31. The largest absolute Gasteiger partial charge is 0.443 e. The molecule has 2 rings (SSSR count). The molecule has 2 heterocycles. The van der Waals surface area contributed by atoms with Crippen molar-refractivity contribution in [3.05, 3.63) is 56.0 Å². The number of hydrogen-bond acceptors (Lipinski definition) is 9. The molecule has 2 aromatic rings. The summed E-state index contributed by atoms with van der Waals surface area (Å²) in [4.78, 5) is 33.2. The molecule has 0 spiro atoms. The molecule has 0 saturated heterocycles. The summed E-state index contributed by atoms with van der Waals surface area (Å²) in [5.41, 5.74) is -0.598. The van der Waals surface area contributed by atoms with Crippen molar-refractivity contribution in [2.75, 3.05) is 6.26 Å². The van der Waals surface area contributed by atoms with Gasteiger partial charge in [0.1, 0.15) is 21.5 Å². The molecule has 0 N–H and O–H groups in total. The number of rotatable bonds is 5. The number of halogens is 4. The summed E-state index contributed by atoms with van der Waals surface area (Å²) >= 11 is 23.2. The van der Waals surface area contributed by atoms with Gasteiger partial charge < -0.3 is 9.47 Å². The molecule has 212 valence electrons. The number of imide groups is 1. The van der Waals surface area contributed by atoms with E-state index in [1.54, 1.807) is 41.5 Å². The summed E-state index contributed by atoms with van der Waals surface area (Å²) in [6.07, 6.45) is 1.98. The average molecular weight is 633 g/mol. The average Bonchev–Trinajstić information content (AvgIpc) is 2.72. The Bertz CT molecular complexity index is 1220. The first-order valence-electron chi connectivity index (χ1n) is 10.8. The Balaban J connectivity index is 0.000000437. The predicted molar refractivity (Wildman–Crippen MR) is 146 cm³/mol. The molecule has 0 bridgehead atoms. The van der Waals surface area contributed by atoms with Crippen molar-refractivity contribution in [3.8, 4) is 0 Å². The maximum Gasteiger partial charge on any atom is 0.420 e. The first kappa shape index (κ1) is 34.1. The molecule has 10 nitrogen and oxygen atoms in total. The minimum atomic E-state index is -3.47. The fourth-order valence-corrected chi connectivity index (χ4v) is 3.34. The number of nitrogens with zero attached hydrogens (tertiary/aromatic N) is 3. The lowest BCUT2D eigenvalue weighted by atomic mass is 10.2. The van der Waals surface area contributed by atoms with Crippen LogP contribution in [0.25, 0.3) is 0 Å². The topological polar surface area (TPSA) is 125 Å². The van der Waals surface area contributed by atoms with Crippen molar-refractivity contribution in [3.63, 3.8) is 0 Å². The highest BCUT2D eigenvalue weighted by atomic mass is 35.5. The lowest BCUT2D eigenvalue weighted by Crippen LogP contribution is -2.43. The maximum atomic E-state index is 12.4. The van der Waals surface area contributed by atoms with Gasteiger partial charge in [-0.3, -0.25) is 4.18 Å². The number of aromatic nitrogens is 2. The lowest BCUT2D eigenvalue weighted by Gasteiger charge is -2.28. The van der Waals surface area contributed by atoms with E-state index in [9.17, 15) is 18.0 Å². The van der Waals surface area contributed by atoms with Crippen molar-refractivity contribution in [2.24, 2.45) is 0 Å². The normalized spacial score (nSPS) is 11.8. The Morgan fingerprint density at radius 3 is 1.61 bits per heavy atom. The Labute approximate surface area is 242 Å². The van der Waals surface area contributed by atoms with Crippen LogP contribution in [0.15, 0.2) is 24.5 Å². The molecule has 2 amide bonds. The first-order valence-corrected chi connectivity index (χ1v) is 14.2. The van der Waals surface area contributed by atoms with E-state index in [1.807, 2.05) is 0 Å². The van der Waals surface area contributed by atoms with Gasteiger partial charge in [-0.1, -0.05) is 46.4 Å². The maximum absolute atomic E-state index is 12.4. The van der Waals surface area contributed by atoms with Gasteiger partial charge in [0.05, 0.1) is 29.5 Å². The van der Waals surface area contributed by atoms with Crippen molar-refractivity contribution in [1.82, 2.24) is 14.9 Å². The molecule has 0 saturated carbocycles. The highest BCUT2D eigenvalue weighted by molar-refractivity contribution is 7.85. The van der Waals surface area contributed by atoms with Crippen molar-refractivity contribution < 1.29 is 31.7 Å². The molecule has 0 unspecified atom stereocenters. The van der Waals surface area contributed by atoms with Crippen LogP contribution in [0.5, 0.6) is 0 Å². The van der Waals surface area contributed by atoms with Gasteiger partial charge in [0.15, 0.2) is 0 Å². The van der Waals surface area contributed by atoms with Crippen LogP contribution in [0.3, 0.4) is 0 Å². The number of hydrogen-bond donors (Lipinski definition) is 0. The molecule has 15 heteroatoms. The zero-order valence-electron chi connectivity index (χ0n) is 21.8. The Morgan fingerprint density at radius 2 is 1.21 bits per heavy atom. The second-order valence-electron chi connectivity index (χ2n) is 9.71. The van der Waals surface area contributed by atoms with Gasteiger partial charge in [-0.2, -0.15) is 8.42 Å². The predicted octanol–water partition coefficient (Wildman–Crippen LogP) is 6.93. The van der Waals surface area contributed by atoms with Gasteiger partial charge in [-0.25, -0.2) is 24.5 Å². The monoisotopic (exact) mass is 631 g/mol. The highest BCUT2D eigenvalue weighted by Crippen LogP contribution is 2.23. The van der Waals surface area contributed by atoms with E-state index in [0.29, 0.717) is 16.1 Å². The molecule has 0 atom stereocenters. The SMILES string of the molecule is CC(C)(C)OC(=O)N(Cc1cc(Cl)ncc1Cl)C(=O)OC(C)(C)C.CS(=O)(=O)OCc1cc(Cl)ncc1Cl. The van der Waals surface area contributed by atoms with Crippen LogP contribution in [0.2, 0.25) is 20.4 Å². The molecule has 0 aliphatic rings. The van der Waals surface area contributed by atoms with Gasteiger partial charge in [-0.05, 0) is 59.2 Å². The van der Waals surface area contributed by atoms with Crippen molar-refractivity contribution in [1.29, 1.82) is 0 Å². The van der Waals surface area contributed by atoms with E-state index in [-0.39, 0.29) is 28.5 Å². The summed E-state index contributed by atoms with van der Waals surface area (Å²) in [5, 5.41) is 1.03. The van der Waals surface area contributed by atoms with E-state index in [2.05, 4.69) is 14.2 Å². The van der Waals surface area contributed by atoms with E-state index in [0.717, 1.165) is 11.2 Å². The minimum absolute atomic E-state index is 0.139. The van der Waals surface area contributed by atoms with Gasteiger partial charge in [0.25, 0.3) is 10.1 Å². The quantitative estimate of drug-likeness (QED) is 0.255. The summed E-state index contributed by atoms with van der Waals surface area (Å²) in [6, 6.07) is 2.93. The fourth-order valence-electron chi connectivity index (χ4n) is 2.31. The Hall–Kier alpha value is -1.89. The number of pyridine rings is 2. The van der Waals surface area contributed by atoms with Crippen LogP contribution < -0.4 is 0 Å². The van der Waals surface area contributed by atoms with E-state index in [1.165, 1.54) is 24.5 Å². The minimum Gasteiger partial charge on any atom is -0.443 e. The van der Waals surface area contributed by atoms with E-state index < -0.39 is 33.5 Å². The van der Waals surface area contributed by atoms with E-state index in [4.69, 9.17) is 55.9 Å². The van der Waals surface area contributed by atoms with Gasteiger partial charge in [-0.15, -0.1) is 0 Å². The van der Waals surface area contributed by atoms with E-state index >= 15 is 0 Å². The molecule has 0 fully saturated rings. The van der Waals surface area contributed by atoms with Crippen LogP contribution in [-0.4, -0.2) is 52.9 Å². The number of carbonyl (C=O) groups excluding carboxylic acids is 2. The zero-order valence-corrected chi connectivity index (χ0v) is 25.7. The van der Waals surface area contributed by atoms with Crippen LogP contribution in [-0.2, 0) is 36.9 Å². The van der Waals surface area contributed by atoms with Gasteiger partial charge in [0.2, 0.25) is 0 Å². The summed E-state index contributed by atoms with van der Waals surface area (Å²) < 4.78 is 36.5. The van der Waals surface area contributed by atoms with Gasteiger partial charge in [0, 0.05) is 18.0 Å². The van der Waals surface area contributed by atoms with Gasteiger partial charge >= 0.3 is 12.2 Å². The Morgan fingerprint density at radius 1 is 0.816 bits per heavy atom. The third-order valence-corrected chi connectivity index (χ3v) is 5.43. The Kier molecular flexibility index (Phi) is 12.5. The smallest absolute Gasteiger partial charge is 0.420 e. The van der Waals surface area contributed by atoms with Crippen LogP contribution >= 0.6 is 46.4 Å². The molecule has 0 aliphatic carbocycles. The van der Waals surface area contributed by atoms with Crippen molar-refractivity contribution in [2.45, 2.75) is 65.9 Å². The van der Waals surface area contributed by atoms with Crippen LogP contribution in [0.1, 0.15) is 52.7 Å². The number of carbonyl (C=O) groups is 2. The van der Waals surface area contributed by atoms with Crippen LogP contribution in [0.4, 0.5) is 9.59 Å². The number of amides is 2. The summed E-state index contributed by atoms with van der Waals surface area (Å²) in [5.74, 6) is 0. The summed E-state index contributed by atoms with van der Waals surface area (Å²) in [6.45, 7) is 9.93. The number of ether oxygens (including phenoxy) is 2. The molecule has 2 aromatic heterocycles. The molecular weight excluding hydrogens is 604 g/mol. The molecular formula is C23H29Cl4N3O7S. The third kappa shape index (κ3) is 13.8. The molecule has 38 heavy (non-hydrogen) atoms. The third-order valence-electron chi connectivity index (χ3n) is 3.79.